The fourth-order valence-corrected chi connectivity index (χ4v) is 2.31. The number of hydrogen-bond donors (Lipinski definition) is 0. The normalized spacial score (nSPS) is 10.3. The third-order valence-electron chi connectivity index (χ3n) is 2.38. The van der Waals surface area contributed by atoms with Crippen LogP contribution >= 0.6 is 0 Å². The lowest BCUT2D eigenvalue weighted by atomic mass is 10.0. The minimum Gasteiger partial charge on any atom is -0.759 e. The summed E-state index contributed by atoms with van der Waals surface area (Å²) in [5.74, 6) is 0. The van der Waals surface area contributed by atoms with Crippen molar-refractivity contribution in [2.45, 2.75) is 13.3 Å². The van der Waals surface area contributed by atoms with Crippen LogP contribution in [0.25, 0.3) is 0 Å². The minimum atomic E-state index is 1.03. The van der Waals surface area contributed by atoms with Crippen molar-refractivity contribution in [1.82, 2.24) is 0 Å². The van der Waals surface area contributed by atoms with E-state index in [1.54, 1.807) is 0 Å². The van der Waals surface area contributed by atoms with Gasteiger partial charge in [-0.2, -0.15) is 3.57 Å². The second-order valence-corrected chi connectivity index (χ2v) is 5.04. The third-order valence-corrected chi connectivity index (χ3v) is 3.05. The van der Waals surface area contributed by atoms with E-state index >= 15 is 0 Å². The van der Waals surface area contributed by atoms with Crippen LogP contribution < -0.4 is 22.6 Å². The number of hydrogen-bond acceptors (Lipinski definition) is 0. The van der Waals surface area contributed by atoms with Crippen LogP contribution in [0.1, 0.15) is 16.7 Å². The first kappa shape index (κ1) is 10.7. The van der Waals surface area contributed by atoms with Crippen LogP contribution in [0, 0.1) is 10.5 Å². The first-order valence-electron chi connectivity index (χ1n) is 5.04. The Morgan fingerprint density at radius 2 is 1.60 bits per heavy atom. The average Bonchev–Trinajstić information content (AvgIpc) is 2.17. The Morgan fingerprint density at radius 1 is 0.933 bits per heavy atom. The summed E-state index contributed by atoms with van der Waals surface area (Å²) in [7, 11) is 0. The Labute approximate surface area is 104 Å². The molecule has 1 heteroatoms. The molecule has 0 heterocycles. The number of benzene rings is 2. The van der Waals surface area contributed by atoms with Crippen LogP contribution in [0.3, 0.4) is 0 Å². The van der Waals surface area contributed by atoms with Gasteiger partial charge in [0.25, 0.3) is 0 Å². The molecule has 0 N–H and O–H groups in total. The SMILES string of the molecule is Cc1cccc(Cc2cccc([I-])c2)c1. The van der Waals surface area contributed by atoms with Gasteiger partial charge in [-0.3, -0.25) is 0 Å². The van der Waals surface area contributed by atoms with Crippen LogP contribution in [0.4, 0.5) is 0 Å². The molecule has 0 atom stereocenters. The van der Waals surface area contributed by atoms with Crippen LogP contribution in [0.5, 0.6) is 0 Å². The van der Waals surface area contributed by atoms with Crippen LogP contribution in [-0.2, 0) is 6.42 Å². The summed E-state index contributed by atoms with van der Waals surface area (Å²) in [5, 5.41) is 0. The van der Waals surface area contributed by atoms with E-state index in [-0.39, 0.29) is 0 Å². The minimum absolute atomic E-state index is 1.03. The second-order valence-electron chi connectivity index (χ2n) is 3.80. The third kappa shape index (κ3) is 3.06. The van der Waals surface area contributed by atoms with Crippen LogP contribution in [-0.4, -0.2) is 0 Å². The van der Waals surface area contributed by atoms with Gasteiger partial charge in [-0.1, -0.05) is 54.1 Å². The summed E-state index contributed by atoms with van der Waals surface area (Å²) in [5.41, 5.74) is 4.10. The van der Waals surface area contributed by atoms with Crippen molar-refractivity contribution >= 4 is 0 Å². The highest BCUT2D eigenvalue weighted by Crippen LogP contribution is 2.10. The molecule has 1 radical (unpaired) electrons. The molecule has 0 aliphatic rings. The summed E-state index contributed by atoms with van der Waals surface area (Å²) in [6.45, 7) is 2.14. The molecule has 0 aliphatic carbocycles. The van der Waals surface area contributed by atoms with Crippen molar-refractivity contribution in [3.63, 3.8) is 0 Å². The largest absolute Gasteiger partial charge is 0.759 e. The van der Waals surface area contributed by atoms with Crippen molar-refractivity contribution in [2.75, 3.05) is 0 Å². The fraction of sp³-hybridized carbons (Fsp3) is 0.143. The summed E-state index contributed by atoms with van der Waals surface area (Å²) < 4.78 is 1.30. The average molecular weight is 308 g/mol. The molecule has 0 saturated heterocycles. The quantitative estimate of drug-likeness (QED) is 0.701. The first-order valence-corrected chi connectivity index (χ1v) is 6.12. The highest BCUT2D eigenvalue weighted by molar-refractivity contribution is 5.28. The van der Waals surface area contributed by atoms with E-state index in [1.807, 2.05) is 0 Å². The van der Waals surface area contributed by atoms with Crippen molar-refractivity contribution in [1.29, 1.82) is 0 Å². The Morgan fingerprint density at radius 3 is 2.27 bits per heavy atom. The van der Waals surface area contributed by atoms with E-state index in [9.17, 15) is 0 Å². The lowest BCUT2D eigenvalue weighted by Crippen LogP contribution is -3.34. The highest BCUT2D eigenvalue weighted by Gasteiger charge is 1.95. The van der Waals surface area contributed by atoms with Gasteiger partial charge in [-0.25, -0.2) is 0 Å². The van der Waals surface area contributed by atoms with Crippen molar-refractivity contribution in [3.8, 4) is 0 Å². The zero-order valence-corrected chi connectivity index (χ0v) is 10.9. The molecule has 0 bridgehead atoms. The van der Waals surface area contributed by atoms with Gasteiger partial charge < -0.3 is 22.6 Å². The van der Waals surface area contributed by atoms with E-state index in [0.717, 1.165) is 6.42 Å². The molecule has 0 saturated carbocycles. The van der Waals surface area contributed by atoms with E-state index < -0.39 is 0 Å². The van der Waals surface area contributed by atoms with E-state index in [0.29, 0.717) is 0 Å². The maximum absolute atomic E-state index is 2.35. The highest BCUT2D eigenvalue weighted by atomic mass is 127. The lowest BCUT2D eigenvalue weighted by Gasteiger charge is -2.08. The summed E-state index contributed by atoms with van der Waals surface area (Å²) in [6.07, 6.45) is 1.03. The summed E-state index contributed by atoms with van der Waals surface area (Å²) in [4.78, 5) is 0. The predicted octanol–water partition coefficient (Wildman–Crippen LogP) is 0.309. The molecule has 0 aromatic heterocycles. The first-order chi connectivity index (χ1) is 7.24. The Kier molecular flexibility index (Phi) is 3.41. The molecule has 0 fully saturated rings. The number of aryl methyl sites for hydroxylation is 1. The molecule has 0 nitrogen and oxygen atoms in total. The lowest BCUT2D eigenvalue weighted by molar-refractivity contribution is -0.328. The predicted molar refractivity (Wildman–Crippen MR) is 59.1 cm³/mol. The molecule has 0 unspecified atom stereocenters. The summed E-state index contributed by atoms with van der Waals surface area (Å²) in [6, 6.07) is 17.4. The van der Waals surface area contributed by atoms with Gasteiger partial charge in [-0.15, -0.1) is 0 Å². The maximum Gasteiger partial charge on any atom is -0.00263 e. The molecular formula is C14H13I-. The van der Waals surface area contributed by atoms with E-state index in [1.165, 1.54) is 20.3 Å². The van der Waals surface area contributed by atoms with Crippen molar-refractivity contribution in [2.24, 2.45) is 0 Å². The van der Waals surface area contributed by atoms with Gasteiger partial charge in [0.1, 0.15) is 0 Å². The van der Waals surface area contributed by atoms with Gasteiger partial charge in [0.15, 0.2) is 0 Å². The molecule has 0 aliphatic heterocycles. The van der Waals surface area contributed by atoms with E-state index in [2.05, 4.69) is 78.0 Å². The van der Waals surface area contributed by atoms with Gasteiger partial charge in [0.05, 0.1) is 0 Å². The van der Waals surface area contributed by atoms with Crippen molar-refractivity contribution in [3.05, 3.63) is 68.8 Å². The maximum atomic E-state index is 2.35. The van der Waals surface area contributed by atoms with Gasteiger partial charge in [0.2, 0.25) is 0 Å². The van der Waals surface area contributed by atoms with Gasteiger partial charge >= 0.3 is 0 Å². The Hall–Kier alpha value is -0.830. The standard InChI is InChI=1S/C14H13I/c1-11-4-2-5-12(8-11)9-13-6-3-7-14(15)10-13/h2-8,10H,9H2,1H3/q-1. The fourth-order valence-electron chi connectivity index (χ4n) is 1.70. The van der Waals surface area contributed by atoms with Crippen LogP contribution in [0.15, 0.2) is 48.5 Å². The smallest absolute Gasteiger partial charge is 0.00263 e. The Bertz CT molecular complexity index is 417. The van der Waals surface area contributed by atoms with Crippen LogP contribution in [0.2, 0.25) is 0 Å². The monoisotopic (exact) mass is 308 g/mol. The molecule has 0 spiro atoms. The van der Waals surface area contributed by atoms with Gasteiger partial charge in [0, 0.05) is 0 Å². The van der Waals surface area contributed by atoms with E-state index in [4.69, 9.17) is 0 Å². The molecule has 77 valence electrons. The van der Waals surface area contributed by atoms with Crippen molar-refractivity contribution < 1.29 is 22.6 Å². The van der Waals surface area contributed by atoms with Gasteiger partial charge in [-0.05, 0) is 24.5 Å². The topological polar surface area (TPSA) is 0 Å². The zero-order chi connectivity index (χ0) is 10.7. The zero-order valence-electron chi connectivity index (χ0n) is 8.70. The Balaban J connectivity index is 2.22. The number of halogens is 1. The molecule has 0 amide bonds. The molecule has 15 heavy (non-hydrogen) atoms. The summed E-state index contributed by atoms with van der Waals surface area (Å²) >= 11 is 2.35. The molecular weight excluding hydrogens is 295 g/mol. The molecule has 2 rings (SSSR count). The molecule has 2 aromatic rings. The molecule has 2 aromatic carbocycles. The number of rotatable bonds is 2. The second kappa shape index (κ2) is 4.79.